The van der Waals surface area contributed by atoms with Gasteiger partial charge in [-0.25, -0.2) is 0 Å². The Morgan fingerprint density at radius 3 is 2.53 bits per heavy atom. The molecule has 0 aliphatic heterocycles. The lowest BCUT2D eigenvalue weighted by molar-refractivity contribution is 0.121. The van der Waals surface area contributed by atoms with Gasteiger partial charge in [-0.1, -0.05) is 13.0 Å². The quantitative estimate of drug-likeness (QED) is 0.774. The molecule has 2 N–H and O–H groups in total. The minimum atomic E-state index is -0.0637. The van der Waals surface area contributed by atoms with Gasteiger partial charge in [0.25, 0.3) is 0 Å². The summed E-state index contributed by atoms with van der Waals surface area (Å²) >= 11 is 0. The van der Waals surface area contributed by atoms with Crippen molar-refractivity contribution in [3.8, 4) is 5.75 Å². The second-order valence-corrected chi connectivity index (χ2v) is 4.36. The van der Waals surface area contributed by atoms with Crippen molar-refractivity contribution in [3.05, 3.63) is 28.8 Å². The molecular weight excluding hydrogens is 214 g/mol. The Morgan fingerprint density at radius 2 is 1.94 bits per heavy atom. The molecule has 3 nitrogen and oxygen atoms in total. The molecular formula is C14H23NO2. The standard InChI is InChI=1S/C14H23NO2/c1-5-6-17-9-13(15)12-7-11(3)14(16-4)8-10(12)2/h7-8,13H,5-6,9,15H2,1-4H3. The van der Waals surface area contributed by atoms with Gasteiger partial charge in [0.2, 0.25) is 0 Å². The highest BCUT2D eigenvalue weighted by Gasteiger charge is 2.11. The fourth-order valence-electron chi connectivity index (χ4n) is 1.88. The molecule has 0 bridgehead atoms. The van der Waals surface area contributed by atoms with Crippen molar-refractivity contribution in [2.45, 2.75) is 33.2 Å². The van der Waals surface area contributed by atoms with Crippen LogP contribution in [0.25, 0.3) is 0 Å². The molecule has 0 aliphatic carbocycles. The van der Waals surface area contributed by atoms with Crippen molar-refractivity contribution in [3.63, 3.8) is 0 Å². The van der Waals surface area contributed by atoms with E-state index in [9.17, 15) is 0 Å². The zero-order chi connectivity index (χ0) is 12.8. The van der Waals surface area contributed by atoms with Gasteiger partial charge >= 0.3 is 0 Å². The molecule has 0 aliphatic rings. The third-order valence-corrected chi connectivity index (χ3v) is 2.83. The van der Waals surface area contributed by atoms with Gasteiger partial charge in [-0.2, -0.15) is 0 Å². The van der Waals surface area contributed by atoms with Crippen molar-refractivity contribution in [2.24, 2.45) is 5.73 Å². The molecule has 0 fully saturated rings. The van der Waals surface area contributed by atoms with E-state index in [1.807, 2.05) is 13.0 Å². The molecule has 1 unspecified atom stereocenters. The van der Waals surface area contributed by atoms with E-state index in [-0.39, 0.29) is 6.04 Å². The zero-order valence-electron chi connectivity index (χ0n) is 11.2. The summed E-state index contributed by atoms with van der Waals surface area (Å²) in [6, 6.07) is 4.06. The van der Waals surface area contributed by atoms with Crippen LogP contribution >= 0.6 is 0 Å². The lowest BCUT2D eigenvalue weighted by Gasteiger charge is -2.17. The first kappa shape index (κ1) is 14.0. The van der Waals surface area contributed by atoms with Crippen LogP contribution in [0.2, 0.25) is 0 Å². The molecule has 17 heavy (non-hydrogen) atoms. The van der Waals surface area contributed by atoms with Gasteiger partial charge in [0.15, 0.2) is 0 Å². The van der Waals surface area contributed by atoms with Crippen LogP contribution in [-0.2, 0) is 4.74 Å². The molecule has 3 heteroatoms. The van der Waals surface area contributed by atoms with E-state index in [0.29, 0.717) is 6.61 Å². The highest BCUT2D eigenvalue weighted by Crippen LogP contribution is 2.25. The molecule has 0 heterocycles. The first-order chi connectivity index (χ1) is 8.10. The summed E-state index contributed by atoms with van der Waals surface area (Å²) in [6.45, 7) is 7.51. The summed E-state index contributed by atoms with van der Waals surface area (Å²) in [6.07, 6.45) is 1.02. The predicted octanol–water partition coefficient (Wildman–Crippen LogP) is 2.74. The van der Waals surface area contributed by atoms with Crippen molar-refractivity contribution < 1.29 is 9.47 Å². The summed E-state index contributed by atoms with van der Waals surface area (Å²) in [7, 11) is 1.69. The lowest BCUT2D eigenvalue weighted by atomic mass is 9.99. The summed E-state index contributed by atoms with van der Waals surface area (Å²) in [5.74, 6) is 0.910. The molecule has 0 saturated carbocycles. The third-order valence-electron chi connectivity index (χ3n) is 2.83. The van der Waals surface area contributed by atoms with Crippen molar-refractivity contribution >= 4 is 0 Å². The van der Waals surface area contributed by atoms with Crippen LogP contribution in [0.5, 0.6) is 5.75 Å². The minimum Gasteiger partial charge on any atom is -0.496 e. The average Bonchev–Trinajstić information content (AvgIpc) is 2.31. The Morgan fingerprint density at radius 1 is 1.24 bits per heavy atom. The highest BCUT2D eigenvalue weighted by atomic mass is 16.5. The van der Waals surface area contributed by atoms with Gasteiger partial charge in [-0.15, -0.1) is 0 Å². The number of benzene rings is 1. The fourth-order valence-corrected chi connectivity index (χ4v) is 1.88. The number of hydrogen-bond donors (Lipinski definition) is 1. The summed E-state index contributed by atoms with van der Waals surface area (Å²) in [4.78, 5) is 0. The maximum absolute atomic E-state index is 6.13. The highest BCUT2D eigenvalue weighted by molar-refractivity contribution is 5.42. The van der Waals surface area contributed by atoms with Gasteiger partial charge < -0.3 is 15.2 Å². The smallest absolute Gasteiger partial charge is 0.122 e. The van der Waals surface area contributed by atoms with Crippen LogP contribution in [0.4, 0.5) is 0 Å². The van der Waals surface area contributed by atoms with E-state index < -0.39 is 0 Å². The van der Waals surface area contributed by atoms with Crippen molar-refractivity contribution in [1.82, 2.24) is 0 Å². The van der Waals surface area contributed by atoms with Crippen LogP contribution in [0.15, 0.2) is 12.1 Å². The monoisotopic (exact) mass is 237 g/mol. The number of hydrogen-bond acceptors (Lipinski definition) is 3. The Labute approximate surface area is 104 Å². The normalized spacial score (nSPS) is 12.5. The molecule has 1 aromatic carbocycles. The van der Waals surface area contributed by atoms with Crippen LogP contribution in [0, 0.1) is 13.8 Å². The summed E-state index contributed by atoms with van der Waals surface area (Å²) in [5.41, 5.74) is 9.53. The minimum absolute atomic E-state index is 0.0637. The van der Waals surface area contributed by atoms with Gasteiger partial charge in [0.05, 0.1) is 19.8 Å². The van der Waals surface area contributed by atoms with Crippen LogP contribution in [-0.4, -0.2) is 20.3 Å². The van der Waals surface area contributed by atoms with Gasteiger partial charge in [0, 0.05) is 6.61 Å². The largest absolute Gasteiger partial charge is 0.496 e. The SMILES string of the molecule is CCCOCC(N)c1cc(C)c(OC)cc1C. The summed E-state index contributed by atoms with van der Waals surface area (Å²) < 4.78 is 10.8. The van der Waals surface area contributed by atoms with Gasteiger partial charge in [-0.05, 0) is 43.0 Å². The molecule has 1 aromatic rings. The van der Waals surface area contributed by atoms with E-state index in [1.54, 1.807) is 7.11 Å². The molecule has 96 valence electrons. The topological polar surface area (TPSA) is 44.5 Å². The molecule has 1 atom stereocenters. The number of rotatable bonds is 6. The first-order valence-electron chi connectivity index (χ1n) is 6.08. The third kappa shape index (κ3) is 3.72. The molecule has 0 aromatic heterocycles. The van der Waals surface area contributed by atoms with E-state index in [0.717, 1.165) is 35.5 Å². The van der Waals surface area contributed by atoms with Gasteiger partial charge in [-0.3, -0.25) is 0 Å². The lowest BCUT2D eigenvalue weighted by Crippen LogP contribution is -2.18. The van der Waals surface area contributed by atoms with E-state index in [2.05, 4.69) is 19.9 Å². The summed E-state index contributed by atoms with van der Waals surface area (Å²) in [5, 5.41) is 0. The number of nitrogens with two attached hydrogens (primary N) is 1. The van der Waals surface area contributed by atoms with Crippen LogP contribution < -0.4 is 10.5 Å². The predicted molar refractivity (Wildman–Crippen MR) is 70.5 cm³/mol. The maximum atomic E-state index is 6.13. The molecule has 0 saturated heterocycles. The Balaban J connectivity index is 2.79. The second kappa shape index (κ2) is 6.62. The Hall–Kier alpha value is -1.06. The molecule has 0 spiro atoms. The molecule has 0 radical (unpaired) electrons. The zero-order valence-corrected chi connectivity index (χ0v) is 11.2. The van der Waals surface area contributed by atoms with E-state index >= 15 is 0 Å². The number of methoxy groups -OCH3 is 1. The van der Waals surface area contributed by atoms with Gasteiger partial charge in [0.1, 0.15) is 5.75 Å². The molecule has 0 amide bonds. The Bertz CT molecular complexity index is 363. The maximum Gasteiger partial charge on any atom is 0.122 e. The number of aryl methyl sites for hydroxylation is 2. The van der Waals surface area contributed by atoms with Crippen LogP contribution in [0.1, 0.15) is 36.1 Å². The van der Waals surface area contributed by atoms with Crippen molar-refractivity contribution in [1.29, 1.82) is 0 Å². The first-order valence-corrected chi connectivity index (χ1v) is 6.08. The second-order valence-electron chi connectivity index (χ2n) is 4.36. The average molecular weight is 237 g/mol. The fraction of sp³-hybridized carbons (Fsp3) is 0.571. The number of ether oxygens (including phenoxy) is 2. The molecule has 1 rings (SSSR count). The van der Waals surface area contributed by atoms with Crippen LogP contribution in [0.3, 0.4) is 0 Å². The van der Waals surface area contributed by atoms with Crippen molar-refractivity contribution in [2.75, 3.05) is 20.3 Å². The Kier molecular flexibility index (Phi) is 5.45. The van der Waals surface area contributed by atoms with E-state index in [1.165, 1.54) is 0 Å². The van der Waals surface area contributed by atoms with E-state index in [4.69, 9.17) is 15.2 Å².